The van der Waals surface area contributed by atoms with Crippen molar-refractivity contribution in [3.63, 3.8) is 0 Å². The molecular weight excluding hydrogens is 290 g/mol. The number of nitrogens with zero attached hydrogens (tertiary/aromatic N) is 3. The van der Waals surface area contributed by atoms with Gasteiger partial charge in [0.25, 0.3) is 5.91 Å². The van der Waals surface area contributed by atoms with Gasteiger partial charge < -0.3 is 11.1 Å². The largest absolute Gasteiger partial charge is 0.350 e. The Hall–Kier alpha value is -2.36. The van der Waals surface area contributed by atoms with Crippen molar-refractivity contribution in [2.75, 3.05) is 13.1 Å². The van der Waals surface area contributed by atoms with E-state index in [0.717, 1.165) is 0 Å². The summed E-state index contributed by atoms with van der Waals surface area (Å²) < 4.78 is 1.64. The Bertz CT molecular complexity index is 672. The summed E-state index contributed by atoms with van der Waals surface area (Å²) in [7, 11) is 0. The van der Waals surface area contributed by atoms with Gasteiger partial charge in [-0.05, 0) is 18.2 Å². The number of rotatable bonds is 4. The number of carbonyl (C=O) groups is 1. The molecule has 0 unspecified atom stereocenters. The predicted molar refractivity (Wildman–Crippen MR) is 79.7 cm³/mol. The van der Waals surface area contributed by atoms with Crippen molar-refractivity contribution in [2.45, 2.75) is 6.54 Å². The number of nitrogens with one attached hydrogen (secondary N) is 1. The van der Waals surface area contributed by atoms with Gasteiger partial charge in [0.05, 0.1) is 24.3 Å². The minimum Gasteiger partial charge on any atom is -0.350 e. The first-order valence-corrected chi connectivity index (χ1v) is 6.69. The van der Waals surface area contributed by atoms with Gasteiger partial charge in [0.2, 0.25) is 0 Å². The lowest BCUT2D eigenvalue weighted by Gasteiger charge is -2.06. The summed E-state index contributed by atoms with van der Waals surface area (Å²) in [6.45, 7) is 1.27. The second kappa shape index (κ2) is 7.43. The number of amides is 1. The third-order valence-electron chi connectivity index (χ3n) is 2.65. The Labute approximate surface area is 127 Å². The van der Waals surface area contributed by atoms with E-state index in [1.165, 1.54) is 0 Å². The Morgan fingerprint density at radius 2 is 2.33 bits per heavy atom. The van der Waals surface area contributed by atoms with Gasteiger partial charge >= 0.3 is 0 Å². The summed E-state index contributed by atoms with van der Waals surface area (Å²) >= 11 is 6.08. The van der Waals surface area contributed by atoms with Crippen molar-refractivity contribution in [1.82, 2.24) is 20.3 Å². The zero-order valence-corrected chi connectivity index (χ0v) is 12.0. The number of halogens is 1. The van der Waals surface area contributed by atoms with Crippen LogP contribution in [0.2, 0.25) is 5.02 Å². The maximum atomic E-state index is 12.0. The van der Waals surface area contributed by atoms with Crippen molar-refractivity contribution in [3.05, 3.63) is 46.7 Å². The molecule has 21 heavy (non-hydrogen) atoms. The second-order valence-corrected chi connectivity index (χ2v) is 4.53. The average molecular weight is 304 g/mol. The van der Waals surface area contributed by atoms with E-state index in [9.17, 15) is 4.79 Å². The Balaban J connectivity index is 1.94. The fourth-order valence-corrected chi connectivity index (χ4v) is 1.87. The highest BCUT2D eigenvalue weighted by Gasteiger charge is 2.07. The molecule has 3 N–H and O–H groups in total. The Morgan fingerprint density at radius 3 is 3.00 bits per heavy atom. The number of nitrogens with two attached hydrogens (primary N) is 1. The molecule has 0 aliphatic rings. The monoisotopic (exact) mass is 303 g/mol. The van der Waals surface area contributed by atoms with Crippen LogP contribution in [0.15, 0.2) is 30.6 Å². The molecule has 1 heterocycles. The first-order chi connectivity index (χ1) is 10.2. The molecule has 0 bridgehead atoms. The molecule has 0 aliphatic carbocycles. The molecule has 0 fully saturated rings. The van der Waals surface area contributed by atoms with Gasteiger partial charge in [0.1, 0.15) is 0 Å². The fourth-order valence-electron chi connectivity index (χ4n) is 1.64. The quantitative estimate of drug-likeness (QED) is 0.813. The van der Waals surface area contributed by atoms with E-state index in [1.807, 2.05) is 0 Å². The first-order valence-electron chi connectivity index (χ1n) is 6.31. The molecule has 0 spiro atoms. The number of hydrogen-bond acceptors (Lipinski definition) is 4. The molecule has 0 saturated heterocycles. The van der Waals surface area contributed by atoms with Gasteiger partial charge in [-0.3, -0.25) is 9.48 Å². The highest BCUT2D eigenvalue weighted by molar-refractivity contribution is 6.32. The summed E-state index contributed by atoms with van der Waals surface area (Å²) in [5.74, 6) is 5.37. The van der Waals surface area contributed by atoms with Crippen LogP contribution in [0.1, 0.15) is 15.9 Å². The average Bonchev–Trinajstić information content (AvgIpc) is 2.99. The molecule has 6 nitrogen and oxygen atoms in total. The molecule has 108 valence electrons. The summed E-state index contributed by atoms with van der Waals surface area (Å²) in [4.78, 5) is 12.0. The summed E-state index contributed by atoms with van der Waals surface area (Å²) in [6.07, 6.45) is 3.32. The van der Waals surface area contributed by atoms with Crippen molar-refractivity contribution < 1.29 is 4.79 Å². The van der Waals surface area contributed by atoms with Crippen molar-refractivity contribution in [3.8, 4) is 11.8 Å². The van der Waals surface area contributed by atoms with Crippen molar-refractivity contribution in [2.24, 2.45) is 5.73 Å². The summed E-state index contributed by atoms with van der Waals surface area (Å²) in [5, 5.41) is 10.7. The Kier molecular flexibility index (Phi) is 5.32. The van der Waals surface area contributed by atoms with Crippen LogP contribution in [0.4, 0.5) is 0 Å². The third-order valence-corrected chi connectivity index (χ3v) is 2.97. The minimum atomic E-state index is -0.199. The topological polar surface area (TPSA) is 85.8 Å². The molecule has 2 aromatic rings. The molecule has 0 atom stereocenters. The zero-order chi connectivity index (χ0) is 15.1. The summed E-state index contributed by atoms with van der Waals surface area (Å²) in [5.41, 5.74) is 6.44. The van der Waals surface area contributed by atoms with Crippen molar-refractivity contribution in [1.29, 1.82) is 0 Å². The van der Waals surface area contributed by atoms with Crippen LogP contribution in [0.5, 0.6) is 0 Å². The van der Waals surface area contributed by atoms with E-state index < -0.39 is 0 Å². The van der Waals surface area contributed by atoms with E-state index in [2.05, 4.69) is 27.5 Å². The molecule has 2 rings (SSSR count). The molecule has 1 aromatic carbocycles. The maximum absolute atomic E-state index is 12.0. The second-order valence-electron chi connectivity index (χ2n) is 4.12. The highest BCUT2D eigenvalue weighted by Crippen LogP contribution is 2.16. The highest BCUT2D eigenvalue weighted by atomic mass is 35.5. The smallest absolute Gasteiger partial charge is 0.251 e. The molecule has 7 heteroatoms. The molecule has 0 aliphatic heterocycles. The van der Waals surface area contributed by atoms with Crippen LogP contribution in [0, 0.1) is 11.8 Å². The van der Waals surface area contributed by atoms with Gasteiger partial charge in [-0.2, -0.15) is 0 Å². The third kappa shape index (κ3) is 4.31. The first kappa shape index (κ1) is 15.0. The van der Waals surface area contributed by atoms with Gasteiger partial charge in [-0.1, -0.05) is 28.7 Å². The minimum absolute atomic E-state index is 0.199. The van der Waals surface area contributed by atoms with Gasteiger partial charge in [-0.25, -0.2) is 0 Å². The Morgan fingerprint density at radius 1 is 1.48 bits per heavy atom. The van der Waals surface area contributed by atoms with E-state index >= 15 is 0 Å². The number of aromatic nitrogens is 3. The number of benzene rings is 1. The normalized spacial score (nSPS) is 9.81. The van der Waals surface area contributed by atoms with E-state index in [0.29, 0.717) is 29.2 Å². The van der Waals surface area contributed by atoms with Gasteiger partial charge in [0, 0.05) is 23.9 Å². The molecule has 0 radical (unpaired) electrons. The van der Waals surface area contributed by atoms with Gasteiger partial charge in [-0.15, -0.1) is 5.10 Å². The summed E-state index contributed by atoms with van der Waals surface area (Å²) in [6, 6.07) is 4.97. The predicted octanol–water partition coefficient (Wildman–Crippen LogP) is 0.672. The van der Waals surface area contributed by atoms with E-state index in [4.69, 9.17) is 17.3 Å². The van der Waals surface area contributed by atoms with Crippen LogP contribution in [0.3, 0.4) is 0 Å². The van der Waals surface area contributed by atoms with Crippen LogP contribution in [-0.4, -0.2) is 34.0 Å². The zero-order valence-electron chi connectivity index (χ0n) is 11.2. The van der Waals surface area contributed by atoms with Crippen LogP contribution < -0.4 is 11.1 Å². The van der Waals surface area contributed by atoms with Gasteiger partial charge in [0.15, 0.2) is 0 Å². The molecule has 0 saturated carbocycles. The number of carbonyl (C=O) groups excluding carboxylic acids is 1. The number of hydrogen-bond donors (Lipinski definition) is 2. The standard InChI is InChI=1S/C14H14ClN5O/c15-13-10-12(4-3-11(13)2-1-5-16)14(21)17-6-8-20-9-7-18-19-20/h3-4,7,9-10H,5-6,8,16H2,(H,17,21). The lowest BCUT2D eigenvalue weighted by Crippen LogP contribution is -2.27. The maximum Gasteiger partial charge on any atom is 0.251 e. The molecule has 1 amide bonds. The van der Waals surface area contributed by atoms with Crippen LogP contribution >= 0.6 is 11.6 Å². The molecule has 1 aromatic heterocycles. The van der Waals surface area contributed by atoms with Crippen molar-refractivity contribution >= 4 is 17.5 Å². The lowest BCUT2D eigenvalue weighted by atomic mass is 10.1. The lowest BCUT2D eigenvalue weighted by molar-refractivity contribution is 0.0952. The van der Waals surface area contributed by atoms with Crippen LogP contribution in [0.25, 0.3) is 0 Å². The van der Waals surface area contributed by atoms with E-state index in [1.54, 1.807) is 35.3 Å². The van der Waals surface area contributed by atoms with E-state index in [-0.39, 0.29) is 12.5 Å². The molecular formula is C14H14ClN5O. The SMILES string of the molecule is NCC#Cc1ccc(C(=O)NCCn2ccnn2)cc1Cl. The fraction of sp³-hybridized carbons (Fsp3) is 0.214. The van der Waals surface area contributed by atoms with Crippen LogP contribution in [-0.2, 0) is 6.54 Å².